The Morgan fingerprint density at radius 2 is 1.26 bits per heavy atom. The molecule has 8 N–H and O–H groups in total. The van der Waals surface area contributed by atoms with Gasteiger partial charge in [-0.05, 0) is 65.4 Å². The molecule has 10 atom stereocenters. The summed E-state index contributed by atoms with van der Waals surface area (Å²) >= 11 is 0. The van der Waals surface area contributed by atoms with E-state index in [4.69, 9.17) is 9.47 Å². The van der Waals surface area contributed by atoms with Gasteiger partial charge in [0, 0.05) is 55.0 Å². The molecule has 14 heteroatoms. The second-order valence-corrected chi connectivity index (χ2v) is 14.0. The SMILES string of the molecule is O=C(CCn1cccn1)N1CCC2(CC1)c1cc(C#C[C@H]3O[C@H](CO)[C@@H](O)[C@H](O)[C@@H]3O)ccc1-c1ccc(C#C[C@H]3O[C@H](CO)[C@@H](O)[C@H](O)[C@@H]3O)cc12. The maximum absolute atomic E-state index is 13.3. The van der Waals surface area contributed by atoms with Crippen molar-refractivity contribution in [3.8, 4) is 34.8 Å². The van der Waals surface area contributed by atoms with Gasteiger partial charge < -0.3 is 55.2 Å². The average Bonchev–Trinajstić information content (AvgIpc) is 3.79. The highest BCUT2D eigenvalue weighted by molar-refractivity contribution is 5.83. The number of piperidine rings is 1. The summed E-state index contributed by atoms with van der Waals surface area (Å²) in [4.78, 5) is 15.2. The lowest BCUT2D eigenvalue weighted by Crippen LogP contribution is -2.58. The molecule has 280 valence electrons. The van der Waals surface area contributed by atoms with Gasteiger partial charge in [0.2, 0.25) is 5.91 Å². The number of ether oxygens (including phenoxy) is 2. The molecule has 1 aromatic heterocycles. The fraction of sp³-hybridized carbons (Fsp3) is 0.487. The normalized spacial score (nSPS) is 31.5. The first-order valence-electron chi connectivity index (χ1n) is 17.7. The summed E-state index contributed by atoms with van der Waals surface area (Å²) in [6, 6.07) is 13.4. The van der Waals surface area contributed by atoms with E-state index in [0.29, 0.717) is 50.0 Å². The van der Waals surface area contributed by atoms with Crippen LogP contribution in [-0.4, -0.2) is 149 Å². The lowest BCUT2D eigenvalue weighted by atomic mass is 9.70. The van der Waals surface area contributed by atoms with Gasteiger partial charge in [0.25, 0.3) is 0 Å². The number of hydrogen-bond acceptors (Lipinski definition) is 12. The highest BCUT2D eigenvalue weighted by Gasteiger charge is 2.47. The van der Waals surface area contributed by atoms with E-state index in [9.17, 15) is 45.6 Å². The summed E-state index contributed by atoms with van der Waals surface area (Å²) in [5.41, 5.74) is 4.72. The lowest BCUT2D eigenvalue weighted by molar-refractivity contribution is -0.214. The molecule has 1 spiro atoms. The van der Waals surface area contributed by atoms with Crippen molar-refractivity contribution in [3.05, 3.63) is 77.1 Å². The molecular formula is C39H43N3O11. The highest BCUT2D eigenvalue weighted by atomic mass is 16.5. The minimum absolute atomic E-state index is 0.0343. The number of aliphatic hydroxyl groups excluding tert-OH is 8. The number of hydrogen-bond donors (Lipinski definition) is 8. The van der Waals surface area contributed by atoms with Gasteiger partial charge >= 0.3 is 0 Å². The van der Waals surface area contributed by atoms with Crippen LogP contribution < -0.4 is 0 Å². The number of aliphatic hydroxyl groups is 8. The van der Waals surface area contributed by atoms with Crippen molar-refractivity contribution < 1.29 is 55.1 Å². The van der Waals surface area contributed by atoms with E-state index < -0.39 is 79.7 Å². The number of nitrogens with zero attached hydrogens (tertiary/aromatic N) is 3. The molecule has 1 aliphatic carbocycles. The van der Waals surface area contributed by atoms with Crippen LogP contribution >= 0.6 is 0 Å². The van der Waals surface area contributed by atoms with Crippen LogP contribution in [0.1, 0.15) is 41.5 Å². The first kappa shape index (κ1) is 37.2. The quantitative estimate of drug-likeness (QED) is 0.137. The van der Waals surface area contributed by atoms with Crippen molar-refractivity contribution in [2.75, 3.05) is 26.3 Å². The third-order valence-corrected chi connectivity index (χ3v) is 10.9. The number of likely N-dealkylation sites (tertiary alicyclic amines) is 1. The topological polar surface area (TPSA) is 218 Å². The molecule has 3 aliphatic heterocycles. The van der Waals surface area contributed by atoms with E-state index >= 15 is 0 Å². The van der Waals surface area contributed by atoms with Gasteiger partial charge in [0.1, 0.15) is 61.0 Å². The van der Waals surface area contributed by atoms with Gasteiger partial charge in [0.15, 0.2) is 0 Å². The van der Waals surface area contributed by atoms with Crippen molar-refractivity contribution in [2.24, 2.45) is 0 Å². The Morgan fingerprint density at radius 3 is 1.72 bits per heavy atom. The van der Waals surface area contributed by atoms with Crippen molar-refractivity contribution in [2.45, 2.75) is 92.3 Å². The van der Waals surface area contributed by atoms with Crippen LogP contribution in [0.25, 0.3) is 11.1 Å². The van der Waals surface area contributed by atoms with Gasteiger partial charge in [-0.25, -0.2) is 0 Å². The molecule has 4 heterocycles. The van der Waals surface area contributed by atoms with Gasteiger partial charge in [0.05, 0.1) is 13.2 Å². The number of aryl methyl sites for hydroxylation is 1. The summed E-state index contributed by atoms with van der Waals surface area (Å²) < 4.78 is 12.9. The average molecular weight is 730 g/mol. The number of benzene rings is 2. The Labute approximate surface area is 305 Å². The number of carbonyl (C=O) groups excluding carboxylic acids is 1. The number of rotatable bonds is 5. The fourth-order valence-electron chi connectivity index (χ4n) is 7.88. The summed E-state index contributed by atoms with van der Waals surface area (Å²) in [6.45, 7) is 0.365. The molecule has 53 heavy (non-hydrogen) atoms. The summed E-state index contributed by atoms with van der Waals surface area (Å²) in [5.74, 6) is 11.9. The summed E-state index contributed by atoms with van der Waals surface area (Å²) in [5, 5.41) is 85.2. The second kappa shape index (κ2) is 15.3. The molecule has 0 radical (unpaired) electrons. The zero-order chi connectivity index (χ0) is 37.4. The Balaban J connectivity index is 1.19. The van der Waals surface area contributed by atoms with Crippen LogP contribution in [0.15, 0.2) is 54.9 Å². The maximum Gasteiger partial charge on any atom is 0.224 e. The molecule has 3 saturated heterocycles. The van der Waals surface area contributed by atoms with Crippen LogP contribution in [0.5, 0.6) is 0 Å². The van der Waals surface area contributed by atoms with Crippen LogP contribution in [0, 0.1) is 23.7 Å². The van der Waals surface area contributed by atoms with Crippen molar-refractivity contribution in [1.82, 2.24) is 14.7 Å². The Bertz CT molecular complexity index is 1810. The molecule has 2 aromatic carbocycles. The zero-order valence-corrected chi connectivity index (χ0v) is 28.8. The molecule has 3 aromatic rings. The molecule has 4 aliphatic rings. The first-order chi connectivity index (χ1) is 25.5. The van der Waals surface area contributed by atoms with Gasteiger partial charge in [-0.15, -0.1) is 0 Å². The largest absolute Gasteiger partial charge is 0.394 e. The Hall–Kier alpha value is -4.16. The van der Waals surface area contributed by atoms with E-state index in [1.54, 1.807) is 10.9 Å². The fourth-order valence-corrected chi connectivity index (χ4v) is 7.88. The second-order valence-electron chi connectivity index (χ2n) is 14.0. The van der Waals surface area contributed by atoms with E-state index in [1.165, 1.54) is 0 Å². The Kier molecular flexibility index (Phi) is 10.7. The number of fused-ring (bicyclic) bond motifs is 5. The summed E-state index contributed by atoms with van der Waals surface area (Å²) in [6.07, 6.45) is -8.43. The number of carbonyl (C=O) groups is 1. The van der Waals surface area contributed by atoms with E-state index in [1.807, 2.05) is 53.6 Å². The minimum Gasteiger partial charge on any atom is -0.394 e. The predicted molar refractivity (Wildman–Crippen MR) is 187 cm³/mol. The van der Waals surface area contributed by atoms with Crippen LogP contribution in [-0.2, 0) is 26.2 Å². The molecule has 7 rings (SSSR count). The molecule has 14 nitrogen and oxygen atoms in total. The monoisotopic (exact) mass is 729 g/mol. The van der Waals surface area contributed by atoms with E-state index in [-0.39, 0.29) is 5.91 Å². The lowest BCUT2D eigenvalue weighted by Gasteiger charge is -2.41. The first-order valence-corrected chi connectivity index (χ1v) is 17.7. The third-order valence-electron chi connectivity index (χ3n) is 10.9. The van der Waals surface area contributed by atoms with Crippen molar-refractivity contribution in [1.29, 1.82) is 0 Å². The number of aromatic nitrogens is 2. The predicted octanol–water partition coefficient (Wildman–Crippen LogP) is -1.75. The van der Waals surface area contributed by atoms with Gasteiger partial charge in [-0.1, -0.05) is 35.8 Å². The van der Waals surface area contributed by atoms with Crippen molar-refractivity contribution >= 4 is 5.91 Å². The summed E-state index contributed by atoms with van der Waals surface area (Å²) in [7, 11) is 0. The van der Waals surface area contributed by atoms with Crippen LogP contribution in [0.4, 0.5) is 0 Å². The highest BCUT2D eigenvalue weighted by Crippen LogP contribution is 2.54. The molecular weight excluding hydrogens is 686 g/mol. The van der Waals surface area contributed by atoms with E-state index in [2.05, 4.69) is 28.8 Å². The maximum atomic E-state index is 13.3. The van der Waals surface area contributed by atoms with Gasteiger partial charge in [-0.3, -0.25) is 9.48 Å². The molecule has 1 amide bonds. The zero-order valence-electron chi connectivity index (χ0n) is 28.8. The molecule has 0 unspecified atom stereocenters. The van der Waals surface area contributed by atoms with Crippen LogP contribution in [0.2, 0.25) is 0 Å². The van der Waals surface area contributed by atoms with Crippen molar-refractivity contribution in [3.63, 3.8) is 0 Å². The molecule has 0 bridgehead atoms. The third kappa shape index (κ3) is 7.00. The van der Waals surface area contributed by atoms with E-state index in [0.717, 1.165) is 22.3 Å². The Morgan fingerprint density at radius 1 is 0.755 bits per heavy atom. The standard InChI is InChI=1S/C39H43N3O11/c43-20-30-35(48)37(50)33(46)28(52-30)8-4-22-2-6-24-25-7-3-23(5-9-29-34(47)38(51)36(49)31(21-44)53-29)19-27(25)39(26(24)18-22)11-16-41(17-12-39)32(45)10-15-42-14-1-13-40-42/h1-3,6-7,13-14,18-19,28-31,33-38,43-44,46-51H,10-12,15-17,20-21H2/t28-,29-,30-,31-,33-,34-,35-,36-,37-,38-/m1/s1. The molecule has 0 saturated carbocycles. The number of amides is 1. The molecule has 3 fully saturated rings. The minimum atomic E-state index is -1.54. The smallest absolute Gasteiger partial charge is 0.224 e. The van der Waals surface area contributed by atoms with Gasteiger partial charge in [-0.2, -0.15) is 5.10 Å². The van der Waals surface area contributed by atoms with Crippen LogP contribution in [0.3, 0.4) is 0 Å².